The van der Waals surface area contributed by atoms with Crippen LogP contribution in [0.4, 0.5) is 0 Å². The summed E-state index contributed by atoms with van der Waals surface area (Å²) in [7, 11) is 0. The van der Waals surface area contributed by atoms with E-state index in [0.29, 0.717) is 11.8 Å². The normalized spacial score (nSPS) is 51.4. The fourth-order valence-electron chi connectivity index (χ4n) is 10.1. The fraction of sp³-hybridized carbons (Fsp3) is 0.867. The van der Waals surface area contributed by atoms with E-state index >= 15 is 0 Å². The number of aliphatic hydroxyl groups is 3. The SMILES string of the molecule is CC(C)=CC/C=C(\C)C1CC[C@]2(C)[C@@H]1[C@H](O)C[C@@H]1[C@@]3(C)CC[C@H](O)C(C)(C)[C@@H]3[C@@H](O)C[C@]12C. The predicted molar refractivity (Wildman–Crippen MR) is 136 cm³/mol. The predicted octanol–water partition coefficient (Wildman–Crippen LogP) is 6.28. The second-order valence-electron chi connectivity index (χ2n) is 14.0. The first kappa shape index (κ1) is 25.5. The summed E-state index contributed by atoms with van der Waals surface area (Å²) in [5, 5.41) is 34.3. The number of aliphatic hydroxyl groups excluding tert-OH is 3. The molecule has 4 aliphatic carbocycles. The molecule has 0 bridgehead atoms. The molecule has 10 atom stereocenters. The minimum absolute atomic E-state index is 0.00508. The lowest BCUT2D eigenvalue weighted by atomic mass is 9.34. The lowest BCUT2D eigenvalue weighted by Crippen LogP contribution is -2.69. The van der Waals surface area contributed by atoms with Gasteiger partial charge in [-0.2, -0.15) is 0 Å². The van der Waals surface area contributed by atoms with E-state index in [1.54, 1.807) is 0 Å². The van der Waals surface area contributed by atoms with Gasteiger partial charge in [0.25, 0.3) is 0 Å². The van der Waals surface area contributed by atoms with Crippen LogP contribution in [0.25, 0.3) is 0 Å². The van der Waals surface area contributed by atoms with Crippen molar-refractivity contribution in [2.45, 2.75) is 119 Å². The molecule has 3 N–H and O–H groups in total. The molecular formula is C30H50O3. The Morgan fingerprint density at radius 3 is 2.15 bits per heavy atom. The smallest absolute Gasteiger partial charge is 0.0595 e. The van der Waals surface area contributed by atoms with Crippen LogP contribution in [0, 0.1) is 45.3 Å². The highest BCUT2D eigenvalue weighted by Crippen LogP contribution is 2.75. The van der Waals surface area contributed by atoms with E-state index in [1.807, 2.05) is 0 Å². The summed E-state index contributed by atoms with van der Waals surface area (Å²) in [6.45, 7) is 18.1. The van der Waals surface area contributed by atoms with Gasteiger partial charge in [0.15, 0.2) is 0 Å². The monoisotopic (exact) mass is 458 g/mol. The molecule has 1 unspecified atom stereocenters. The number of allylic oxidation sites excluding steroid dienone is 4. The maximum atomic E-state index is 11.7. The molecule has 4 rings (SSSR count). The largest absolute Gasteiger partial charge is 0.393 e. The minimum Gasteiger partial charge on any atom is -0.393 e. The van der Waals surface area contributed by atoms with Crippen LogP contribution in [0.2, 0.25) is 0 Å². The zero-order valence-electron chi connectivity index (χ0n) is 22.5. The van der Waals surface area contributed by atoms with Gasteiger partial charge >= 0.3 is 0 Å². The molecule has 33 heavy (non-hydrogen) atoms. The highest BCUT2D eigenvalue weighted by molar-refractivity contribution is 5.24. The molecular weight excluding hydrogens is 408 g/mol. The van der Waals surface area contributed by atoms with E-state index in [4.69, 9.17) is 0 Å². The summed E-state index contributed by atoms with van der Waals surface area (Å²) < 4.78 is 0. The van der Waals surface area contributed by atoms with Crippen LogP contribution in [0.1, 0.15) is 100 Å². The molecule has 188 valence electrons. The first-order valence-electron chi connectivity index (χ1n) is 13.5. The van der Waals surface area contributed by atoms with Crippen molar-refractivity contribution in [1.82, 2.24) is 0 Å². The van der Waals surface area contributed by atoms with Crippen molar-refractivity contribution >= 4 is 0 Å². The topological polar surface area (TPSA) is 60.7 Å². The van der Waals surface area contributed by atoms with E-state index in [-0.39, 0.29) is 45.7 Å². The summed E-state index contributed by atoms with van der Waals surface area (Å²) in [6.07, 6.45) is 10.2. The second kappa shape index (κ2) is 8.20. The second-order valence-corrected chi connectivity index (χ2v) is 14.0. The average Bonchev–Trinajstić information content (AvgIpc) is 3.07. The molecule has 0 aliphatic heterocycles. The maximum Gasteiger partial charge on any atom is 0.0595 e. The highest BCUT2D eigenvalue weighted by Gasteiger charge is 2.72. The van der Waals surface area contributed by atoms with E-state index in [1.165, 1.54) is 11.1 Å². The zero-order valence-corrected chi connectivity index (χ0v) is 22.5. The van der Waals surface area contributed by atoms with Crippen molar-refractivity contribution in [3.05, 3.63) is 23.3 Å². The molecule has 4 aliphatic rings. The molecule has 0 aromatic carbocycles. The molecule has 0 saturated heterocycles. The Bertz CT molecular complexity index is 822. The Morgan fingerprint density at radius 1 is 0.848 bits per heavy atom. The summed E-state index contributed by atoms with van der Waals surface area (Å²) in [5.74, 6) is 1.13. The zero-order chi connectivity index (χ0) is 24.6. The Kier molecular flexibility index (Phi) is 6.33. The van der Waals surface area contributed by atoms with Crippen LogP contribution < -0.4 is 0 Å². The molecule has 0 aromatic heterocycles. The highest BCUT2D eigenvalue weighted by atomic mass is 16.3. The number of fused-ring (bicyclic) bond motifs is 5. The lowest BCUT2D eigenvalue weighted by molar-refractivity contribution is -0.270. The maximum absolute atomic E-state index is 11.7. The number of hydrogen-bond donors (Lipinski definition) is 3. The van der Waals surface area contributed by atoms with Crippen LogP contribution >= 0.6 is 0 Å². The molecule has 0 aromatic rings. The summed E-state index contributed by atoms with van der Waals surface area (Å²) >= 11 is 0. The van der Waals surface area contributed by atoms with Gasteiger partial charge in [0.2, 0.25) is 0 Å². The molecule has 4 saturated carbocycles. The molecule has 3 heteroatoms. The molecule has 0 amide bonds. The van der Waals surface area contributed by atoms with E-state index < -0.39 is 6.10 Å². The number of rotatable bonds is 3. The third-order valence-electron chi connectivity index (χ3n) is 11.8. The van der Waals surface area contributed by atoms with Crippen molar-refractivity contribution in [1.29, 1.82) is 0 Å². The van der Waals surface area contributed by atoms with Crippen LogP contribution in [0.5, 0.6) is 0 Å². The summed E-state index contributed by atoms with van der Waals surface area (Å²) in [4.78, 5) is 0. The third kappa shape index (κ3) is 3.54. The van der Waals surface area contributed by atoms with E-state index in [0.717, 1.165) is 44.9 Å². The quantitative estimate of drug-likeness (QED) is 0.436. The van der Waals surface area contributed by atoms with Crippen molar-refractivity contribution in [2.75, 3.05) is 0 Å². The van der Waals surface area contributed by atoms with Crippen LogP contribution in [-0.4, -0.2) is 33.6 Å². The number of hydrogen-bond acceptors (Lipinski definition) is 3. The van der Waals surface area contributed by atoms with Gasteiger partial charge in [-0.1, -0.05) is 57.9 Å². The van der Waals surface area contributed by atoms with Crippen molar-refractivity contribution in [3.63, 3.8) is 0 Å². The molecule has 0 heterocycles. The van der Waals surface area contributed by atoms with Gasteiger partial charge in [0.1, 0.15) is 0 Å². The molecule has 3 nitrogen and oxygen atoms in total. The van der Waals surface area contributed by atoms with Gasteiger partial charge in [-0.15, -0.1) is 0 Å². The van der Waals surface area contributed by atoms with Gasteiger partial charge in [-0.3, -0.25) is 0 Å². The van der Waals surface area contributed by atoms with Gasteiger partial charge in [-0.25, -0.2) is 0 Å². The first-order chi connectivity index (χ1) is 15.2. The van der Waals surface area contributed by atoms with Gasteiger partial charge in [0.05, 0.1) is 18.3 Å². The van der Waals surface area contributed by atoms with Crippen LogP contribution in [-0.2, 0) is 0 Å². The van der Waals surface area contributed by atoms with Gasteiger partial charge in [-0.05, 0) is 111 Å². The van der Waals surface area contributed by atoms with E-state index in [2.05, 4.69) is 67.5 Å². The minimum atomic E-state index is -0.401. The average molecular weight is 459 g/mol. The molecule has 0 spiro atoms. The first-order valence-corrected chi connectivity index (χ1v) is 13.5. The third-order valence-corrected chi connectivity index (χ3v) is 11.8. The lowest BCUT2D eigenvalue weighted by Gasteiger charge is -2.71. The van der Waals surface area contributed by atoms with Crippen LogP contribution in [0.3, 0.4) is 0 Å². The Morgan fingerprint density at radius 2 is 1.52 bits per heavy atom. The van der Waals surface area contributed by atoms with Crippen molar-refractivity contribution in [2.24, 2.45) is 45.3 Å². The standard InChI is InChI=1S/C30H50O3/c1-18(2)10-9-11-19(3)20-12-15-29(7)25(20)21(31)16-23-28(6)14-13-24(33)27(4,5)26(28)22(32)17-30(23,29)8/h10-11,20-26,31-33H,9,12-17H2,1-8H3/b19-11+/t20?,21-,22+,23-,24+,25+,26+,28-,29-,30-/m1/s1. The van der Waals surface area contributed by atoms with E-state index in [9.17, 15) is 15.3 Å². The van der Waals surface area contributed by atoms with Gasteiger partial charge in [0, 0.05) is 0 Å². The Balaban J connectivity index is 1.71. The van der Waals surface area contributed by atoms with Crippen molar-refractivity contribution in [3.8, 4) is 0 Å². The molecule has 0 radical (unpaired) electrons. The molecule has 4 fully saturated rings. The Hall–Kier alpha value is -0.640. The fourth-order valence-corrected chi connectivity index (χ4v) is 10.1. The Labute approximate surface area is 202 Å². The summed E-state index contributed by atoms with van der Waals surface area (Å²) in [6, 6.07) is 0. The van der Waals surface area contributed by atoms with Gasteiger partial charge < -0.3 is 15.3 Å². The summed E-state index contributed by atoms with van der Waals surface area (Å²) in [5.41, 5.74) is 2.43. The van der Waals surface area contributed by atoms with Crippen LogP contribution in [0.15, 0.2) is 23.3 Å². The van der Waals surface area contributed by atoms with Crippen molar-refractivity contribution < 1.29 is 15.3 Å².